The molecule has 2 aromatic rings. The van der Waals surface area contributed by atoms with Gasteiger partial charge in [-0.05, 0) is 61.9 Å². The summed E-state index contributed by atoms with van der Waals surface area (Å²) in [6.07, 6.45) is 1.09. The number of benzene rings is 2. The van der Waals surface area contributed by atoms with Crippen LogP contribution in [-0.4, -0.2) is 0 Å². The Morgan fingerprint density at radius 1 is 0.778 bits per heavy atom. The van der Waals surface area contributed by atoms with Crippen molar-refractivity contribution in [2.75, 3.05) is 0 Å². The Morgan fingerprint density at radius 3 is 1.94 bits per heavy atom. The Balaban J connectivity index is 2.69. The maximum Gasteiger partial charge on any atom is -0.0122 e. The minimum atomic E-state index is 1.09. The van der Waals surface area contributed by atoms with Crippen LogP contribution in [0.25, 0.3) is 11.1 Å². The summed E-state index contributed by atoms with van der Waals surface area (Å²) in [5.41, 5.74) is 9.72. The van der Waals surface area contributed by atoms with E-state index in [9.17, 15) is 0 Å². The lowest BCUT2D eigenvalue weighted by Gasteiger charge is -2.15. The first kappa shape index (κ1) is 12.9. The second-order valence-electron chi connectivity index (χ2n) is 5.29. The molecule has 0 heteroatoms. The van der Waals surface area contributed by atoms with Gasteiger partial charge >= 0.3 is 0 Å². The highest BCUT2D eigenvalue weighted by atomic mass is 14.1. The Kier molecular flexibility index (Phi) is 3.56. The largest absolute Gasteiger partial charge is 0.0613 e. The van der Waals surface area contributed by atoms with Gasteiger partial charge in [0.15, 0.2) is 0 Å². The summed E-state index contributed by atoms with van der Waals surface area (Å²) in [5, 5.41) is 0. The van der Waals surface area contributed by atoms with Crippen molar-refractivity contribution < 1.29 is 0 Å². The molecule has 94 valence electrons. The third kappa shape index (κ3) is 2.33. The average molecular weight is 238 g/mol. The molecular formula is C18H22. The lowest BCUT2D eigenvalue weighted by atomic mass is 9.89. The minimum Gasteiger partial charge on any atom is -0.0613 e. The SMILES string of the molecule is CCc1cc(C)ccc1-c1c(C)cc(C)cc1C. The molecule has 0 bridgehead atoms. The van der Waals surface area contributed by atoms with E-state index in [0.29, 0.717) is 0 Å². The molecule has 0 aliphatic heterocycles. The van der Waals surface area contributed by atoms with Crippen LogP contribution in [0.2, 0.25) is 0 Å². The Labute approximate surface area is 111 Å². The Bertz CT molecular complexity index is 554. The zero-order valence-corrected chi connectivity index (χ0v) is 12.1. The summed E-state index contributed by atoms with van der Waals surface area (Å²) in [5.74, 6) is 0. The molecular weight excluding hydrogens is 216 g/mol. The average Bonchev–Trinajstić information content (AvgIpc) is 2.29. The Morgan fingerprint density at radius 2 is 1.39 bits per heavy atom. The van der Waals surface area contributed by atoms with Gasteiger partial charge in [-0.2, -0.15) is 0 Å². The molecule has 0 atom stereocenters. The second kappa shape index (κ2) is 4.97. The van der Waals surface area contributed by atoms with Crippen molar-refractivity contribution in [2.24, 2.45) is 0 Å². The monoisotopic (exact) mass is 238 g/mol. The van der Waals surface area contributed by atoms with E-state index in [1.165, 1.54) is 38.9 Å². The highest BCUT2D eigenvalue weighted by molar-refractivity contribution is 5.74. The van der Waals surface area contributed by atoms with Gasteiger partial charge in [-0.3, -0.25) is 0 Å². The number of aryl methyl sites for hydroxylation is 5. The van der Waals surface area contributed by atoms with Crippen LogP contribution in [-0.2, 0) is 6.42 Å². The molecule has 0 aromatic heterocycles. The van der Waals surface area contributed by atoms with E-state index >= 15 is 0 Å². The fourth-order valence-electron chi connectivity index (χ4n) is 2.86. The van der Waals surface area contributed by atoms with Gasteiger partial charge in [-0.15, -0.1) is 0 Å². The van der Waals surface area contributed by atoms with Gasteiger partial charge in [0, 0.05) is 0 Å². The molecule has 18 heavy (non-hydrogen) atoms. The quantitative estimate of drug-likeness (QED) is 0.678. The lowest BCUT2D eigenvalue weighted by molar-refractivity contribution is 1.13. The van der Waals surface area contributed by atoms with Crippen molar-refractivity contribution in [2.45, 2.75) is 41.0 Å². The highest BCUT2D eigenvalue weighted by Crippen LogP contribution is 2.31. The van der Waals surface area contributed by atoms with E-state index in [0.717, 1.165) is 6.42 Å². The van der Waals surface area contributed by atoms with Gasteiger partial charge in [0.1, 0.15) is 0 Å². The van der Waals surface area contributed by atoms with Gasteiger partial charge < -0.3 is 0 Å². The van der Waals surface area contributed by atoms with E-state index < -0.39 is 0 Å². The summed E-state index contributed by atoms with van der Waals surface area (Å²) in [7, 11) is 0. The van der Waals surface area contributed by atoms with Crippen LogP contribution < -0.4 is 0 Å². The van der Waals surface area contributed by atoms with Crippen molar-refractivity contribution in [1.29, 1.82) is 0 Å². The fraction of sp³-hybridized carbons (Fsp3) is 0.333. The molecule has 0 radical (unpaired) electrons. The molecule has 0 saturated heterocycles. The van der Waals surface area contributed by atoms with Crippen molar-refractivity contribution >= 4 is 0 Å². The number of hydrogen-bond acceptors (Lipinski definition) is 0. The fourth-order valence-corrected chi connectivity index (χ4v) is 2.86. The van der Waals surface area contributed by atoms with E-state index in [-0.39, 0.29) is 0 Å². The molecule has 0 N–H and O–H groups in total. The first-order chi connectivity index (χ1) is 8.52. The first-order valence-corrected chi connectivity index (χ1v) is 6.70. The van der Waals surface area contributed by atoms with Crippen molar-refractivity contribution in [3.63, 3.8) is 0 Å². The molecule has 0 amide bonds. The maximum atomic E-state index is 2.31. The van der Waals surface area contributed by atoms with Crippen molar-refractivity contribution in [3.05, 3.63) is 58.1 Å². The first-order valence-electron chi connectivity index (χ1n) is 6.70. The molecule has 0 fully saturated rings. The second-order valence-corrected chi connectivity index (χ2v) is 5.29. The van der Waals surface area contributed by atoms with Crippen molar-refractivity contribution in [3.8, 4) is 11.1 Å². The molecule has 0 aliphatic carbocycles. The molecule has 0 aliphatic rings. The minimum absolute atomic E-state index is 1.09. The number of hydrogen-bond donors (Lipinski definition) is 0. The lowest BCUT2D eigenvalue weighted by Crippen LogP contribution is -1.95. The molecule has 0 unspecified atom stereocenters. The third-order valence-corrected chi connectivity index (χ3v) is 3.59. The van der Waals surface area contributed by atoms with Crippen LogP contribution in [0, 0.1) is 27.7 Å². The normalized spacial score (nSPS) is 10.7. The molecule has 0 spiro atoms. The van der Waals surface area contributed by atoms with E-state index in [2.05, 4.69) is 65.0 Å². The summed E-state index contributed by atoms with van der Waals surface area (Å²) < 4.78 is 0. The predicted octanol–water partition coefficient (Wildman–Crippen LogP) is 5.15. The maximum absolute atomic E-state index is 2.31. The summed E-state index contributed by atoms with van der Waals surface area (Å²) >= 11 is 0. The molecule has 2 rings (SSSR count). The van der Waals surface area contributed by atoms with Gasteiger partial charge in [0.05, 0.1) is 0 Å². The van der Waals surface area contributed by atoms with Gasteiger partial charge in [0.25, 0.3) is 0 Å². The summed E-state index contributed by atoms with van der Waals surface area (Å²) in [6, 6.07) is 11.4. The zero-order chi connectivity index (χ0) is 13.3. The van der Waals surface area contributed by atoms with Gasteiger partial charge in [-0.1, -0.05) is 48.4 Å². The number of rotatable bonds is 2. The molecule has 0 saturated carbocycles. The van der Waals surface area contributed by atoms with Gasteiger partial charge in [0.2, 0.25) is 0 Å². The van der Waals surface area contributed by atoms with Crippen LogP contribution in [0.4, 0.5) is 0 Å². The highest BCUT2D eigenvalue weighted by Gasteiger charge is 2.10. The van der Waals surface area contributed by atoms with Crippen LogP contribution >= 0.6 is 0 Å². The zero-order valence-electron chi connectivity index (χ0n) is 12.1. The van der Waals surface area contributed by atoms with Crippen LogP contribution in [0.15, 0.2) is 30.3 Å². The van der Waals surface area contributed by atoms with E-state index in [1.54, 1.807) is 0 Å². The van der Waals surface area contributed by atoms with Crippen molar-refractivity contribution in [1.82, 2.24) is 0 Å². The standard InChI is InChI=1S/C18H22/c1-6-16-11-12(2)7-8-17(16)18-14(4)9-13(3)10-15(18)5/h7-11H,6H2,1-5H3. The summed E-state index contributed by atoms with van der Waals surface area (Å²) in [6.45, 7) is 11.0. The molecule has 0 heterocycles. The van der Waals surface area contributed by atoms with E-state index in [4.69, 9.17) is 0 Å². The topological polar surface area (TPSA) is 0 Å². The molecule has 2 aromatic carbocycles. The smallest absolute Gasteiger partial charge is 0.0122 e. The van der Waals surface area contributed by atoms with E-state index in [1.807, 2.05) is 0 Å². The van der Waals surface area contributed by atoms with Crippen LogP contribution in [0.1, 0.15) is 34.7 Å². The van der Waals surface area contributed by atoms with Gasteiger partial charge in [-0.25, -0.2) is 0 Å². The third-order valence-electron chi connectivity index (χ3n) is 3.59. The van der Waals surface area contributed by atoms with Crippen LogP contribution in [0.5, 0.6) is 0 Å². The van der Waals surface area contributed by atoms with Crippen LogP contribution in [0.3, 0.4) is 0 Å². The summed E-state index contributed by atoms with van der Waals surface area (Å²) in [4.78, 5) is 0. The predicted molar refractivity (Wildman–Crippen MR) is 80.2 cm³/mol. The molecule has 0 nitrogen and oxygen atoms in total. The Hall–Kier alpha value is -1.56.